The highest BCUT2D eigenvalue weighted by Gasteiger charge is 2.36. The fourth-order valence-corrected chi connectivity index (χ4v) is 4.51. The van der Waals surface area contributed by atoms with Crippen molar-refractivity contribution < 1.29 is 27.4 Å². The van der Waals surface area contributed by atoms with Gasteiger partial charge in [-0.3, -0.25) is 0 Å². The molecule has 0 radical (unpaired) electrons. The number of halogens is 4. The molecule has 1 aliphatic heterocycles. The van der Waals surface area contributed by atoms with Crippen LogP contribution in [0.3, 0.4) is 0 Å². The van der Waals surface area contributed by atoms with Crippen LogP contribution in [0.2, 0.25) is 5.28 Å². The molecule has 4 rings (SSSR count). The highest BCUT2D eigenvalue weighted by atomic mass is 35.5. The molecule has 200 valence electrons. The maximum atomic E-state index is 14.0. The Morgan fingerprint density at radius 2 is 2.00 bits per heavy atom. The second-order valence-corrected chi connectivity index (χ2v) is 10.5. The minimum atomic E-state index is -4.69. The van der Waals surface area contributed by atoms with Crippen molar-refractivity contribution in [1.29, 1.82) is 0 Å². The zero-order valence-electron chi connectivity index (χ0n) is 21.1. The van der Waals surface area contributed by atoms with Crippen LogP contribution in [0.4, 0.5) is 18.0 Å². The van der Waals surface area contributed by atoms with Crippen LogP contribution in [0.25, 0.3) is 22.3 Å². The summed E-state index contributed by atoms with van der Waals surface area (Å²) in [6.45, 7) is 6.51. The van der Waals surface area contributed by atoms with Crippen molar-refractivity contribution in [3.05, 3.63) is 35.4 Å². The highest BCUT2D eigenvalue weighted by molar-refractivity contribution is 6.28. The molecule has 1 unspecified atom stereocenters. The Hall–Kier alpha value is -3.08. The fraction of sp³-hybridized carbons (Fsp3) is 0.520. The van der Waals surface area contributed by atoms with Gasteiger partial charge in [0.25, 0.3) is 0 Å². The third kappa shape index (κ3) is 6.44. The number of likely N-dealkylation sites (tertiary alicyclic amines) is 1. The first-order chi connectivity index (χ1) is 17.3. The van der Waals surface area contributed by atoms with Gasteiger partial charge in [0.2, 0.25) is 11.2 Å². The number of aryl methyl sites for hydroxylation is 1. The van der Waals surface area contributed by atoms with Gasteiger partial charge in [-0.15, -0.1) is 0 Å². The molecule has 12 heteroatoms. The normalized spacial score (nSPS) is 16.8. The number of piperidine rings is 1. The average Bonchev–Trinajstić information content (AvgIpc) is 3.17. The lowest BCUT2D eigenvalue weighted by Crippen LogP contribution is -2.43. The molecule has 0 saturated carbocycles. The molecule has 1 atom stereocenters. The van der Waals surface area contributed by atoms with Gasteiger partial charge in [0.05, 0.1) is 12.3 Å². The first-order valence-corrected chi connectivity index (χ1v) is 12.4. The van der Waals surface area contributed by atoms with E-state index in [1.54, 1.807) is 49.5 Å². The largest absolute Gasteiger partial charge is 0.477 e. The number of rotatable bonds is 5. The number of hydrogen-bond acceptors (Lipinski definition) is 6. The number of carbonyl (C=O) groups excluding carboxylic acids is 1. The smallest absolute Gasteiger partial charge is 0.421 e. The Bertz CT molecular complexity index is 1290. The molecule has 0 bridgehead atoms. The van der Waals surface area contributed by atoms with Crippen LogP contribution in [0.5, 0.6) is 5.88 Å². The summed E-state index contributed by atoms with van der Waals surface area (Å²) < 4.78 is 54.5. The molecule has 0 N–H and O–H groups in total. The van der Waals surface area contributed by atoms with Gasteiger partial charge in [-0.1, -0.05) is 0 Å². The van der Waals surface area contributed by atoms with Crippen LogP contribution in [0.15, 0.2) is 24.5 Å². The van der Waals surface area contributed by atoms with Crippen molar-refractivity contribution in [1.82, 2.24) is 24.4 Å². The van der Waals surface area contributed by atoms with E-state index < -0.39 is 23.2 Å². The molecule has 8 nitrogen and oxygen atoms in total. The van der Waals surface area contributed by atoms with Crippen molar-refractivity contribution in [3.8, 4) is 17.1 Å². The van der Waals surface area contributed by atoms with Crippen LogP contribution in [0, 0.1) is 5.92 Å². The highest BCUT2D eigenvalue weighted by Crippen LogP contribution is 2.38. The summed E-state index contributed by atoms with van der Waals surface area (Å²) in [4.78, 5) is 26.3. The van der Waals surface area contributed by atoms with Gasteiger partial charge in [-0.25, -0.2) is 14.8 Å². The van der Waals surface area contributed by atoms with Crippen molar-refractivity contribution in [3.63, 3.8) is 0 Å². The molecular formula is C25H29ClF3N5O3. The zero-order chi connectivity index (χ0) is 27.0. The summed E-state index contributed by atoms with van der Waals surface area (Å²) >= 11 is 6.03. The minimum absolute atomic E-state index is 0.0323. The van der Waals surface area contributed by atoms with Crippen LogP contribution in [-0.4, -0.2) is 55.8 Å². The number of nitrogens with zero attached hydrogens (tertiary/aromatic N) is 5. The number of hydrogen-bond donors (Lipinski definition) is 0. The van der Waals surface area contributed by atoms with Crippen LogP contribution < -0.4 is 4.74 Å². The van der Waals surface area contributed by atoms with Crippen LogP contribution in [0.1, 0.15) is 45.6 Å². The summed E-state index contributed by atoms with van der Waals surface area (Å²) in [5, 5.41) is 0.480. The Kier molecular flexibility index (Phi) is 7.55. The average molecular weight is 540 g/mol. The molecule has 3 aromatic heterocycles. The number of ether oxygens (including phenoxy) is 2. The van der Waals surface area contributed by atoms with E-state index in [2.05, 4.69) is 15.0 Å². The topological polar surface area (TPSA) is 82.4 Å². The zero-order valence-corrected chi connectivity index (χ0v) is 21.9. The lowest BCUT2D eigenvalue weighted by atomic mass is 9.95. The molecule has 0 aromatic carbocycles. The Balaban J connectivity index is 1.48. The minimum Gasteiger partial charge on any atom is -0.477 e. The molecule has 37 heavy (non-hydrogen) atoms. The van der Waals surface area contributed by atoms with E-state index >= 15 is 0 Å². The van der Waals surface area contributed by atoms with E-state index in [1.165, 1.54) is 6.20 Å². The van der Waals surface area contributed by atoms with Crippen LogP contribution in [-0.2, 0) is 18.0 Å². The predicted molar refractivity (Wildman–Crippen MR) is 132 cm³/mol. The monoisotopic (exact) mass is 539 g/mol. The number of amides is 1. The number of alkyl halides is 3. The van der Waals surface area contributed by atoms with E-state index in [1.807, 2.05) is 0 Å². The number of fused-ring (bicyclic) bond motifs is 1. The first kappa shape index (κ1) is 27.0. The summed E-state index contributed by atoms with van der Waals surface area (Å²) in [7, 11) is 1.75. The summed E-state index contributed by atoms with van der Waals surface area (Å²) in [5.74, 6) is -0.412. The van der Waals surface area contributed by atoms with Gasteiger partial charge in [-0.2, -0.15) is 18.2 Å². The van der Waals surface area contributed by atoms with Gasteiger partial charge >= 0.3 is 12.3 Å². The maximum absolute atomic E-state index is 14.0. The third-order valence-electron chi connectivity index (χ3n) is 6.06. The predicted octanol–water partition coefficient (Wildman–Crippen LogP) is 6.12. The fourth-order valence-electron chi connectivity index (χ4n) is 4.35. The molecule has 0 spiro atoms. The van der Waals surface area contributed by atoms with Gasteiger partial charge in [0, 0.05) is 43.5 Å². The van der Waals surface area contributed by atoms with E-state index in [0.717, 1.165) is 18.9 Å². The molecule has 3 aromatic rings. The Labute approximate surface area is 217 Å². The Morgan fingerprint density at radius 3 is 2.70 bits per heavy atom. The van der Waals surface area contributed by atoms with Crippen molar-refractivity contribution in [2.75, 3.05) is 19.7 Å². The molecular weight excluding hydrogens is 511 g/mol. The molecule has 1 amide bonds. The molecule has 1 aliphatic rings. The van der Waals surface area contributed by atoms with Crippen molar-refractivity contribution in [2.24, 2.45) is 13.0 Å². The Morgan fingerprint density at radius 1 is 1.24 bits per heavy atom. The van der Waals surface area contributed by atoms with E-state index in [4.69, 9.17) is 21.1 Å². The van der Waals surface area contributed by atoms with E-state index in [-0.39, 0.29) is 35.2 Å². The van der Waals surface area contributed by atoms with Crippen molar-refractivity contribution >= 4 is 28.7 Å². The third-order valence-corrected chi connectivity index (χ3v) is 6.23. The van der Waals surface area contributed by atoms with Gasteiger partial charge in [0.15, 0.2) is 0 Å². The SMILES string of the molecule is Cn1ccc2c(-c3cnc(OCCC4CCCN(C(=O)OC(C)(C)C)C4)c(C(F)(F)F)c3)nc(Cl)nc21. The van der Waals surface area contributed by atoms with Crippen LogP contribution >= 0.6 is 11.6 Å². The summed E-state index contributed by atoms with van der Waals surface area (Å²) in [6.07, 6.45) is 0.0649. The number of pyridine rings is 1. The standard InChI is InChI=1S/C25H29ClF3N5O3/c1-24(2,3)37-23(35)34-9-5-6-15(14-34)8-11-36-21-18(25(27,28)29)12-16(13-30-21)19-17-7-10-33(4)20(17)32-22(26)31-19/h7,10,12-13,15H,5-6,8-9,11,14H2,1-4H3. The molecule has 1 saturated heterocycles. The van der Waals surface area contributed by atoms with Gasteiger partial charge < -0.3 is 18.9 Å². The maximum Gasteiger partial charge on any atom is 0.421 e. The number of carbonyl (C=O) groups is 1. The lowest BCUT2D eigenvalue weighted by molar-refractivity contribution is -0.139. The second kappa shape index (κ2) is 10.4. The summed E-state index contributed by atoms with van der Waals surface area (Å²) in [6, 6.07) is 2.68. The summed E-state index contributed by atoms with van der Waals surface area (Å²) in [5.41, 5.74) is -0.688. The quantitative estimate of drug-likeness (QED) is 0.363. The molecule has 0 aliphatic carbocycles. The van der Waals surface area contributed by atoms with E-state index in [9.17, 15) is 18.0 Å². The van der Waals surface area contributed by atoms with Crippen molar-refractivity contribution in [2.45, 2.75) is 51.8 Å². The number of aromatic nitrogens is 4. The lowest BCUT2D eigenvalue weighted by Gasteiger charge is -2.34. The molecule has 1 fully saturated rings. The first-order valence-electron chi connectivity index (χ1n) is 12.0. The van der Waals surface area contributed by atoms with Gasteiger partial charge in [0.1, 0.15) is 16.8 Å². The second-order valence-electron chi connectivity index (χ2n) is 10.2. The molecule has 4 heterocycles. The van der Waals surface area contributed by atoms with E-state index in [0.29, 0.717) is 30.5 Å². The van der Waals surface area contributed by atoms with Gasteiger partial charge in [-0.05, 0) is 69.7 Å².